The third kappa shape index (κ3) is 3.75. The lowest BCUT2D eigenvalue weighted by molar-refractivity contribution is 0.0718. The van der Waals surface area contributed by atoms with Crippen molar-refractivity contribution in [3.05, 3.63) is 63.3 Å². The highest BCUT2D eigenvalue weighted by Crippen LogP contribution is 2.41. The van der Waals surface area contributed by atoms with E-state index in [-0.39, 0.29) is 29.5 Å². The summed E-state index contributed by atoms with van der Waals surface area (Å²) in [5, 5.41) is 9.45. The quantitative estimate of drug-likeness (QED) is 0.567. The van der Waals surface area contributed by atoms with Gasteiger partial charge >= 0.3 is 0 Å². The number of hydrogen-bond acceptors (Lipinski definition) is 6. The summed E-state index contributed by atoms with van der Waals surface area (Å²) in [4.78, 5) is 22.5. The first kappa shape index (κ1) is 23.3. The van der Waals surface area contributed by atoms with E-state index in [1.165, 1.54) is 4.57 Å². The maximum Gasteiger partial charge on any atom is 0.295 e. The molecule has 182 valence electrons. The molecule has 1 saturated heterocycles. The van der Waals surface area contributed by atoms with Crippen LogP contribution in [0, 0.1) is 24.1 Å². The third-order valence-corrected chi connectivity index (χ3v) is 7.57. The lowest BCUT2D eigenvalue weighted by atomic mass is 9.94. The molecule has 1 unspecified atom stereocenters. The summed E-state index contributed by atoms with van der Waals surface area (Å²) < 4.78 is 22.0. The van der Waals surface area contributed by atoms with E-state index in [1.807, 2.05) is 12.1 Å². The van der Waals surface area contributed by atoms with Gasteiger partial charge in [-0.25, -0.2) is 9.37 Å². The van der Waals surface area contributed by atoms with Gasteiger partial charge in [0.1, 0.15) is 35.4 Å². The van der Waals surface area contributed by atoms with Crippen LogP contribution in [0.4, 0.5) is 10.1 Å². The summed E-state index contributed by atoms with van der Waals surface area (Å²) in [5.74, 6) is 0.124. The van der Waals surface area contributed by atoms with E-state index >= 15 is 0 Å². The van der Waals surface area contributed by atoms with Crippen LogP contribution in [0.2, 0.25) is 0 Å². The Balaban J connectivity index is 1.58. The number of benzene rings is 1. The fourth-order valence-corrected chi connectivity index (χ4v) is 5.62. The molecule has 0 radical (unpaired) electrons. The Morgan fingerprint density at radius 1 is 1.26 bits per heavy atom. The predicted molar refractivity (Wildman–Crippen MR) is 133 cm³/mol. The number of halogens is 1. The summed E-state index contributed by atoms with van der Waals surface area (Å²) in [7, 11) is 1.70. The summed E-state index contributed by atoms with van der Waals surface area (Å²) in [6, 6.07) is 11.4. The van der Waals surface area contributed by atoms with Crippen LogP contribution in [0.5, 0.6) is 5.75 Å². The highest BCUT2D eigenvalue weighted by atomic mass is 19.1. The van der Waals surface area contributed by atoms with Crippen molar-refractivity contribution in [2.45, 2.75) is 51.7 Å². The van der Waals surface area contributed by atoms with Crippen molar-refractivity contribution in [2.75, 3.05) is 24.6 Å². The van der Waals surface area contributed by atoms with Gasteiger partial charge in [-0.1, -0.05) is 26.0 Å². The van der Waals surface area contributed by atoms with Crippen molar-refractivity contribution >= 4 is 16.7 Å². The Morgan fingerprint density at radius 2 is 2.06 bits per heavy atom. The molecule has 4 heterocycles. The van der Waals surface area contributed by atoms with Crippen LogP contribution in [0.3, 0.4) is 0 Å². The summed E-state index contributed by atoms with van der Waals surface area (Å²) >= 11 is 0. The number of aryl methyl sites for hydroxylation is 2. The number of fused-ring (bicyclic) bond motifs is 5. The SMILES string of the molecule is CCC(c1ccc(C)c(F)c1)N1C[C@H]2COc3c(c4nc(C#N)ccc4n(C)c3=O)N2C[C@H]1CC. The van der Waals surface area contributed by atoms with Gasteiger partial charge in [0.25, 0.3) is 5.56 Å². The molecule has 0 saturated carbocycles. The molecule has 3 aromatic rings. The number of ether oxygens (including phenoxy) is 1. The van der Waals surface area contributed by atoms with Crippen LogP contribution < -0.4 is 15.2 Å². The highest BCUT2D eigenvalue weighted by molar-refractivity contribution is 5.93. The van der Waals surface area contributed by atoms with Crippen LogP contribution in [-0.4, -0.2) is 46.2 Å². The molecule has 8 heteroatoms. The average molecular weight is 476 g/mol. The van der Waals surface area contributed by atoms with Crippen LogP contribution in [0.15, 0.2) is 35.1 Å². The van der Waals surface area contributed by atoms with Crippen LogP contribution >= 0.6 is 0 Å². The lowest BCUT2D eigenvalue weighted by Crippen LogP contribution is -2.62. The minimum atomic E-state index is -0.200. The fraction of sp³-hybridized carbons (Fsp3) is 0.444. The minimum Gasteiger partial charge on any atom is -0.484 e. The van der Waals surface area contributed by atoms with Crippen molar-refractivity contribution < 1.29 is 9.13 Å². The monoisotopic (exact) mass is 475 g/mol. The Labute approximate surface area is 204 Å². The molecule has 35 heavy (non-hydrogen) atoms. The van der Waals surface area contributed by atoms with Crippen molar-refractivity contribution in [2.24, 2.45) is 7.05 Å². The minimum absolute atomic E-state index is 0.0116. The molecule has 2 aromatic heterocycles. The molecule has 1 aromatic carbocycles. The van der Waals surface area contributed by atoms with Crippen LogP contribution in [0.1, 0.15) is 49.6 Å². The smallest absolute Gasteiger partial charge is 0.295 e. The maximum absolute atomic E-state index is 14.4. The van der Waals surface area contributed by atoms with Gasteiger partial charge < -0.3 is 14.2 Å². The largest absolute Gasteiger partial charge is 0.484 e. The number of piperazine rings is 1. The second-order valence-electron chi connectivity index (χ2n) is 9.53. The van der Waals surface area contributed by atoms with Gasteiger partial charge in [0.05, 0.1) is 11.6 Å². The molecule has 7 nitrogen and oxygen atoms in total. The van der Waals surface area contributed by atoms with Crippen LogP contribution in [-0.2, 0) is 7.05 Å². The molecule has 3 atom stereocenters. The molecule has 0 bridgehead atoms. The molecule has 2 aliphatic rings. The number of nitrogens with zero attached hydrogens (tertiary/aromatic N) is 5. The Kier molecular flexibility index (Phi) is 5.97. The fourth-order valence-electron chi connectivity index (χ4n) is 5.62. The molecule has 1 fully saturated rings. The number of aromatic nitrogens is 2. The molecule has 0 spiro atoms. The van der Waals surface area contributed by atoms with E-state index in [4.69, 9.17) is 4.74 Å². The van der Waals surface area contributed by atoms with Gasteiger partial charge in [0.15, 0.2) is 0 Å². The summed E-state index contributed by atoms with van der Waals surface area (Å²) in [6.45, 7) is 7.89. The van der Waals surface area contributed by atoms with Crippen LogP contribution in [0.25, 0.3) is 11.0 Å². The Bertz CT molecular complexity index is 1400. The highest BCUT2D eigenvalue weighted by Gasteiger charge is 2.42. The van der Waals surface area contributed by atoms with Gasteiger partial charge in [-0.05, 0) is 49.1 Å². The molecular weight excluding hydrogens is 445 g/mol. The van der Waals surface area contributed by atoms with E-state index in [2.05, 4.69) is 34.7 Å². The normalized spacial score (nSPS) is 20.6. The Hall–Kier alpha value is -3.44. The standard InChI is InChI=1S/C27H30FN5O2/c1-5-19-13-33-20(14-32(19)22(6-2)17-8-7-16(3)21(28)11-17)15-35-26-25(33)24-23(31(4)27(26)34)10-9-18(12-29)30-24/h7-11,19-20,22H,5-6,13-15H2,1-4H3/t19-,20+,22?/m1/s1. The predicted octanol–water partition coefficient (Wildman–Crippen LogP) is 4.07. The number of rotatable bonds is 4. The van der Waals surface area contributed by atoms with Crippen molar-refractivity contribution in [1.29, 1.82) is 5.26 Å². The first-order valence-corrected chi connectivity index (χ1v) is 12.2. The van der Waals surface area contributed by atoms with E-state index in [0.717, 1.165) is 24.9 Å². The maximum atomic E-state index is 14.4. The zero-order valence-corrected chi connectivity index (χ0v) is 20.6. The zero-order chi connectivity index (χ0) is 24.9. The number of hydrogen-bond donors (Lipinski definition) is 0. The average Bonchev–Trinajstić information content (AvgIpc) is 2.88. The van der Waals surface area contributed by atoms with Crippen molar-refractivity contribution in [1.82, 2.24) is 14.5 Å². The summed E-state index contributed by atoms with van der Waals surface area (Å²) in [6.07, 6.45) is 1.77. The molecular formula is C27H30FN5O2. The van der Waals surface area contributed by atoms with Crippen molar-refractivity contribution in [3.63, 3.8) is 0 Å². The second-order valence-corrected chi connectivity index (χ2v) is 9.53. The first-order chi connectivity index (χ1) is 16.9. The molecule has 0 N–H and O–H groups in total. The van der Waals surface area contributed by atoms with E-state index in [0.29, 0.717) is 46.9 Å². The second kappa shape index (κ2) is 8.97. The zero-order valence-electron chi connectivity index (χ0n) is 20.6. The molecule has 2 aliphatic heterocycles. The van der Waals surface area contributed by atoms with E-state index in [1.54, 1.807) is 32.2 Å². The molecule has 0 aliphatic carbocycles. The first-order valence-electron chi connectivity index (χ1n) is 12.2. The number of pyridine rings is 2. The molecule has 0 amide bonds. The third-order valence-electron chi connectivity index (χ3n) is 7.57. The molecule has 5 rings (SSSR count). The topological polar surface area (TPSA) is 74.4 Å². The number of anilines is 1. The lowest BCUT2D eigenvalue weighted by Gasteiger charge is -2.51. The van der Waals surface area contributed by atoms with Gasteiger partial charge in [-0.3, -0.25) is 9.69 Å². The van der Waals surface area contributed by atoms with Gasteiger partial charge in [-0.15, -0.1) is 0 Å². The van der Waals surface area contributed by atoms with E-state index < -0.39 is 0 Å². The number of nitriles is 1. The van der Waals surface area contributed by atoms with E-state index in [9.17, 15) is 14.4 Å². The van der Waals surface area contributed by atoms with Gasteiger partial charge in [0.2, 0.25) is 5.75 Å². The van der Waals surface area contributed by atoms with Gasteiger partial charge in [0, 0.05) is 32.2 Å². The summed E-state index contributed by atoms with van der Waals surface area (Å²) in [5.41, 5.74) is 3.71. The van der Waals surface area contributed by atoms with Gasteiger partial charge in [-0.2, -0.15) is 5.26 Å². The van der Waals surface area contributed by atoms with Crippen molar-refractivity contribution in [3.8, 4) is 11.8 Å². The Morgan fingerprint density at radius 3 is 2.74 bits per heavy atom.